The number of anilines is 2. The highest BCUT2D eigenvalue weighted by Crippen LogP contribution is 2.26. The molecule has 0 aliphatic carbocycles. The van der Waals surface area contributed by atoms with Gasteiger partial charge in [-0.2, -0.15) is 0 Å². The van der Waals surface area contributed by atoms with Crippen molar-refractivity contribution in [1.82, 2.24) is 10.3 Å². The van der Waals surface area contributed by atoms with Crippen LogP contribution >= 0.6 is 11.3 Å². The van der Waals surface area contributed by atoms with Crippen LogP contribution in [0, 0.1) is 12.3 Å². The molecule has 1 aromatic rings. The molecule has 0 spiro atoms. The molecule has 0 aliphatic rings. The van der Waals surface area contributed by atoms with E-state index < -0.39 is 0 Å². The highest BCUT2D eigenvalue weighted by molar-refractivity contribution is 7.18. The number of terminal acetylenes is 1. The summed E-state index contributed by atoms with van der Waals surface area (Å²) < 4.78 is 0. The number of aromatic nitrogens is 1. The molecule has 6 heteroatoms. The maximum Gasteiger partial charge on any atom is 0.266 e. The number of carbonyl (C=O) groups excluding carboxylic acids is 1. The molecule has 1 amide bonds. The monoisotopic (exact) mass is 238 g/mol. The van der Waals surface area contributed by atoms with Gasteiger partial charge in [0, 0.05) is 14.1 Å². The molecule has 3 N–H and O–H groups in total. The summed E-state index contributed by atoms with van der Waals surface area (Å²) in [6.45, 7) is 1.72. The van der Waals surface area contributed by atoms with E-state index in [1.54, 1.807) is 11.8 Å². The fourth-order valence-corrected chi connectivity index (χ4v) is 1.79. The standard InChI is InChI=1S/C10H14N4OS/c1-5-6(2)12-9(15)7-8(11)13-10(16-7)14(3)4/h1,6H,11H2,2-4H3,(H,12,15). The van der Waals surface area contributed by atoms with E-state index in [4.69, 9.17) is 12.2 Å². The van der Waals surface area contributed by atoms with E-state index in [0.29, 0.717) is 10.0 Å². The topological polar surface area (TPSA) is 71.2 Å². The van der Waals surface area contributed by atoms with Gasteiger partial charge in [-0.15, -0.1) is 6.42 Å². The molecule has 1 heterocycles. The van der Waals surface area contributed by atoms with Crippen molar-refractivity contribution in [3.05, 3.63) is 4.88 Å². The van der Waals surface area contributed by atoms with E-state index >= 15 is 0 Å². The number of nitrogens with two attached hydrogens (primary N) is 1. The van der Waals surface area contributed by atoms with Crippen LogP contribution in [-0.2, 0) is 0 Å². The van der Waals surface area contributed by atoms with Crippen molar-refractivity contribution in [3.8, 4) is 12.3 Å². The van der Waals surface area contributed by atoms with Crippen LogP contribution in [0.5, 0.6) is 0 Å². The predicted molar refractivity (Wildman–Crippen MR) is 66.6 cm³/mol. The zero-order chi connectivity index (χ0) is 12.3. The molecule has 86 valence electrons. The van der Waals surface area contributed by atoms with Crippen molar-refractivity contribution in [1.29, 1.82) is 0 Å². The van der Waals surface area contributed by atoms with Gasteiger partial charge in [-0.1, -0.05) is 17.3 Å². The van der Waals surface area contributed by atoms with Crippen molar-refractivity contribution in [3.63, 3.8) is 0 Å². The molecule has 0 fully saturated rings. The maximum atomic E-state index is 11.7. The molecule has 16 heavy (non-hydrogen) atoms. The third-order valence-electron chi connectivity index (χ3n) is 1.83. The number of hydrogen-bond acceptors (Lipinski definition) is 5. The molecule has 0 aliphatic heterocycles. The predicted octanol–water partition coefficient (Wildman–Crippen LogP) is 0.543. The maximum absolute atomic E-state index is 11.7. The second-order valence-corrected chi connectivity index (χ2v) is 4.44. The Morgan fingerprint density at radius 2 is 2.31 bits per heavy atom. The second-order valence-electron chi connectivity index (χ2n) is 3.47. The third kappa shape index (κ3) is 2.64. The number of nitrogens with one attached hydrogen (secondary N) is 1. The van der Waals surface area contributed by atoms with E-state index in [-0.39, 0.29) is 17.8 Å². The van der Waals surface area contributed by atoms with E-state index in [0.717, 1.165) is 0 Å². The Labute approximate surface area is 98.7 Å². The SMILES string of the molecule is C#CC(C)NC(=O)c1sc(N(C)C)nc1N. The van der Waals surface area contributed by atoms with Gasteiger partial charge in [0.1, 0.15) is 10.7 Å². The lowest BCUT2D eigenvalue weighted by atomic mass is 10.3. The summed E-state index contributed by atoms with van der Waals surface area (Å²) in [7, 11) is 3.67. The molecule has 0 bridgehead atoms. The fraction of sp³-hybridized carbons (Fsp3) is 0.400. The first-order chi connectivity index (χ1) is 7.45. The molecule has 0 radical (unpaired) electrons. The minimum atomic E-state index is -0.322. The van der Waals surface area contributed by atoms with Gasteiger partial charge in [0.05, 0.1) is 6.04 Å². The number of rotatable bonds is 3. The van der Waals surface area contributed by atoms with Gasteiger partial charge < -0.3 is 16.0 Å². The number of carbonyl (C=O) groups is 1. The smallest absolute Gasteiger partial charge is 0.266 e. The molecule has 1 aromatic heterocycles. The number of nitrogens with zero attached hydrogens (tertiary/aromatic N) is 2. The molecule has 0 aromatic carbocycles. The van der Waals surface area contributed by atoms with Crippen LogP contribution in [-0.4, -0.2) is 31.0 Å². The molecule has 1 unspecified atom stereocenters. The van der Waals surface area contributed by atoms with Crippen molar-refractivity contribution < 1.29 is 4.79 Å². The Balaban J connectivity index is 2.88. The van der Waals surface area contributed by atoms with Crippen molar-refractivity contribution in [2.24, 2.45) is 0 Å². The number of amides is 1. The van der Waals surface area contributed by atoms with E-state index in [1.807, 2.05) is 14.1 Å². The molecule has 1 rings (SSSR count). The largest absolute Gasteiger partial charge is 0.382 e. The van der Waals surface area contributed by atoms with Gasteiger partial charge in [0.15, 0.2) is 5.13 Å². The first-order valence-electron chi connectivity index (χ1n) is 4.66. The van der Waals surface area contributed by atoms with Crippen molar-refractivity contribution >= 4 is 28.2 Å². The Bertz CT molecular complexity index is 433. The summed E-state index contributed by atoms with van der Waals surface area (Å²) in [5.41, 5.74) is 5.66. The zero-order valence-electron chi connectivity index (χ0n) is 9.44. The molecule has 1 atom stereocenters. The summed E-state index contributed by atoms with van der Waals surface area (Å²) in [5, 5.41) is 3.33. The average molecular weight is 238 g/mol. The minimum Gasteiger partial charge on any atom is -0.382 e. The van der Waals surface area contributed by atoms with Gasteiger partial charge in [-0.25, -0.2) is 4.98 Å². The lowest BCUT2D eigenvalue weighted by molar-refractivity contribution is 0.0953. The van der Waals surface area contributed by atoms with Gasteiger partial charge in [-0.05, 0) is 6.92 Å². The number of nitrogen functional groups attached to an aromatic ring is 1. The number of thiazole rings is 1. The first-order valence-corrected chi connectivity index (χ1v) is 5.48. The van der Waals surface area contributed by atoms with Gasteiger partial charge in [0.2, 0.25) is 0 Å². The average Bonchev–Trinajstić information content (AvgIpc) is 2.60. The minimum absolute atomic E-state index is 0.232. The lowest BCUT2D eigenvalue weighted by Gasteiger charge is -2.06. The molecular weight excluding hydrogens is 224 g/mol. The Kier molecular flexibility index (Phi) is 3.74. The fourth-order valence-electron chi connectivity index (χ4n) is 0.978. The number of hydrogen-bond donors (Lipinski definition) is 2. The molecule has 0 saturated heterocycles. The Hall–Kier alpha value is -1.74. The van der Waals surface area contributed by atoms with E-state index in [9.17, 15) is 4.79 Å². The molecule has 0 saturated carbocycles. The summed E-state index contributed by atoms with van der Waals surface area (Å²) in [5.74, 6) is 2.36. The van der Waals surface area contributed by atoms with Crippen LogP contribution in [0.15, 0.2) is 0 Å². The van der Waals surface area contributed by atoms with Gasteiger partial charge >= 0.3 is 0 Å². The normalized spacial score (nSPS) is 11.6. The van der Waals surface area contributed by atoms with Crippen molar-refractivity contribution in [2.45, 2.75) is 13.0 Å². The Morgan fingerprint density at radius 1 is 1.69 bits per heavy atom. The van der Waals surface area contributed by atoms with Crippen LogP contribution in [0.2, 0.25) is 0 Å². The lowest BCUT2D eigenvalue weighted by Crippen LogP contribution is -2.31. The molecular formula is C10H14N4OS. The van der Waals surface area contributed by atoms with Crippen LogP contribution in [0.4, 0.5) is 10.9 Å². The van der Waals surface area contributed by atoms with Crippen LogP contribution in [0.1, 0.15) is 16.6 Å². The summed E-state index contributed by atoms with van der Waals surface area (Å²) in [4.78, 5) is 18.0. The quantitative estimate of drug-likeness (QED) is 0.754. The third-order valence-corrected chi connectivity index (χ3v) is 3.07. The summed E-state index contributed by atoms with van der Waals surface area (Å²) >= 11 is 1.24. The Morgan fingerprint density at radius 3 is 2.75 bits per heavy atom. The van der Waals surface area contributed by atoms with Crippen molar-refractivity contribution in [2.75, 3.05) is 24.7 Å². The second kappa shape index (κ2) is 4.86. The van der Waals surface area contributed by atoms with Crippen LogP contribution in [0.25, 0.3) is 0 Å². The highest BCUT2D eigenvalue weighted by atomic mass is 32.1. The first kappa shape index (κ1) is 12.3. The van der Waals surface area contributed by atoms with Gasteiger partial charge in [0.25, 0.3) is 5.91 Å². The van der Waals surface area contributed by atoms with E-state index in [2.05, 4.69) is 16.2 Å². The van der Waals surface area contributed by atoms with Crippen LogP contribution in [0.3, 0.4) is 0 Å². The van der Waals surface area contributed by atoms with Crippen LogP contribution < -0.4 is 16.0 Å². The zero-order valence-corrected chi connectivity index (χ0v) is 10.3. The summed E-state index contributed by atoms with van der Waals surface area (Å²) in [6.07, 6.45) is 5.17. The highest BCUT2D eigenvalue weighted by Gasteiger charge is 2.17. The molecule has 5 nitrogen and oxygen atoms in total. The van der Waals surface area contributed by atoms with E-state index in [1.165, 1.54) is 11.3 Å². The summed E-state index contributed by atoms with van der Waals surface area (Å²) in [6, 6.07) is -0.322. The van der Waals surface area contributed by atoms with Gasteiger partial charge in [-0.3, -0.25) is 4.79 Å².